The van der Waals surface area contributed by atoms with Gasteiger partial charge in [-0.15, -0.1) is 0 Å². The van der Waals surface area contributed by atoms with E-state index in [1.165, 1.54) is 7.11 Å². The molecule has 4 aliphatic heterocycles. The van der Waals surface area contributed by atoms with Gasteiger partial charge in [0.05, 0.1) is 37.3 Å². The van der Waals surface area contributed by atoms with Crippen LogP contribution in [0, 0.1) is 17.8 Å². The molecule has 6 rings (SSSR count). The first-order valence-corrected chi connectivity index (χ1v) is 18.0. The molecular weight excluding hydrogens is 626 g/mol. The quantitative estimate of drug-likeness (QED) is 0.316. The van der Waals surface area contributed by atoms with Crippen LogP contribution >= 0.6 is 0 Å². The van der Waals surface area contributed by atoms with Crippen molar-refractivity contribution in [3.05, 3.63) is 60.2 Å². The van der Waals surface area contributed by atoms with Crippen molar-refractivity contribution in [1.29, 1.82) is 0 Å². The summed E-state index contributed by atoms with van der Waals surface area (Å²) in [5, 5.41) is 13.7. The number of ether oxygens (including phenoxy) is 3. The smallest absolute Gasteiger partial charge is 0.313 e. The number of aliphatic hydroxyl groups excluding tert-OH is 1. The fraction of sp³-hybridized carbons (Fsp3) is 0.632. The molecule has 9 atom stereocenters. The summed E-state index contributed by atoms with van der Waals surface area (Å²) in [6, 6.07) is 6.81. The van der Waals surface area contributed by atoms with Gasteiger partial charge in [0.25, 0.3) is 0 Å². The van der Waals surface area contributed by atoms with Gasteiger partial charge >= 0.3 is 5.97 Å². The number of likely N-dealkylation sites (tertiary alicyclic amines) is 1. The number of fused-ring (bicyclic) bond motifs is 2. The number of cyclic esters (lactones) is 1. The average Bonchev–Trinajstić information content (AvgIpc) is 3.50. The molecule has 5 aliphatic rings. The van der Waals surface area contributed by atoms with Gasteiger partial charge in [0.1, 0.15) is 23.7 Å². The number of amides is 3. The number of hydrogen-bond acceptors (Lipinski definition) is 8. The van der Waals surface area contributed by atoms with Crippen LogP contribution in [-0.2, 0) is 33.4 Å². The highest BCUT2D eigenvalue weighted by molar-refractivity contribution is 5.99. The summed E-state index contributed by atoms with van der Waals surface area (Å²) in [7, 11) is 1.52. The molecule has 0 radical (unpaired) electrons. The third-order valence-corrected chi connectivity index (χ3v) is 11.4. The van der Waals surface area contributed by atoms with Crippen LogP contribution in [0.15, 0.2) is 54.6 Å². The number of nitrogens with one attached hydrogen (secondary N) is 1. The van der Waals surface area contributed by atoms with Crippen LogP contribution in [0.1, 0.15) is 76.9 Å². The van der Waals surface area contributed by atoms with E-state index < -0.39 is 59.6 Å². The van der Waals surface area contributed by atoms with Crippen molar-refractivity contribution in [3.63, 3.8) is 0 Å². The molecule has 11 nitrogen and oxygen atoms in total. The first kappa shape index (κ1) is 35.3. The Bertz CT molecular complexity index is 1430. The Morgan fingerprint density at radius 1 is 1.06 bits per heavy atom. The molecule has 4 heterocycles. The summed E-state index contributed by atoms with van der Waals surface area (Å²) in [5.74, 6) is -3.75. The molecule has 1 aromatic carbocycles. The number of hydrogen-bond donors (Lipinski definition) is 2. The van der Waals surface area contributed by atoms with E-state index >= 15 is 0 Å². The average molecular weight is 678 g/mol. The first-order chi connectivity index (χ1) is 23.7. The van der Waals surface area contributed by atoms with Gasteiger partial charge in [-0.25, -0.2) is 0 Å². The van der Waals surface area contributed by atoms with Crippen LogP contribution in [0.2, 0.25) is 0 Å². The molecule has 1 saturated carbocycles. The summed E-state index contributed by atoms with van der Waals surface area (Å²) in [4.78, 5) is 61.0. The first-order valence-electron chi connectivity index (χ1n) is 18.0. The Labute approximate surface area is 289 Å². The number of allylic oxidation sites excluding steroid dienone is 1. The molecule has 0 bridgehead atoms. The fourth-order valence-electron chi connectivity index (χ4n) is 8.74. The lowest BCUT2D eigenvalue weighted by atomic mass is 9.77. The van der Waals surface area contributed by atoms with Gasteiger partial charge in [0.2, 0.25) is 17.7 Å². The lowest BCUT2D eigenvalue weighted by Gasteiger charge is -2.42. The normalized spacial score (nSPS) is 34.4. The van der Waals surface area contributed by atoms with Gasteiger partial charge < -0.3 is 34.4 Å². The summed E-state index contributed by atoms with van der Waals surface area (Å²) in [6.45, 7) is 4.10. The largest absolute Gasteiger partial charge is 0.455 e. The van der Waals surface area contributed by atoms with Crippen molar-refractivity contribution in [2.75, 3.05) is 26.9 Å². The standard InChI is InChI=1S/C38H51N3O8/c1-4-24(2)28(22-42)41-34-36(45)40(26-16-9-6-10-17-26)21-13-20-38(34)32(35(41)44)31-29(49-38)18-11-12-19-30(43)39-27(23-47-3)33(48-37(31)46)25-14-7-5-8-15-25/h5,7-8,11,13-15,18,20,24,26-29,31-34,42H,4,6,9-10,12,16-17,19,21-23H2,1-3H3,(H,39,43)/b18-11-/t24-,27+,28-,29+,31-,32-,33+,34+,38-/m0/s1. The number of methoxy groups -OCH3 is 1. The molecule has 1 spiro atoms. The number of nitrogens with zero attached hydrogens (tertiary/aromatic N) is 2. The van der Waals surface area contributed by atoms with E-state index in [1.807, 2.05) is 61.2 Å². The van der Waals surface area contributed by atoms with Crippen LogP contribution in [0.4, 0.5) is 0 Å². The van der Waals surface area contributed by atoms with E-state index in [-0.39, 0.29) is 43.4 Å². The summed E-state index contributed by atoms with van der Waals surface area (Å²) < 4.78 is 18.7. The Morgan fingerprint density at radius 3 is 2.51 bits per heavy atom. The van der Waals surface area contributed by atoms with E-state index in [2.05, 4.69) is 5.32 Å². The third kappa shape index (κ3) is 6.57. The maximum Gasteiger partial charge on any atom is 0.313 e. The maximum atomic E-state index is 15.0. The number of carbonyl (C=O) groups is 4. The molecule has 1 aromatic rings. The lowest BCUT2D eigenvalue weighted by Crippen LogP contribution is -2.60. The predicted molar refractivity (Wildman–Crippen MR) is 181 cm³/mol. The van der Waals surface area contributed by atoms with Crippen LogP contribution in [0.25, 0.3) is 0 Å². The number of esters is 1. The number of carbonyl (C=O) groups excluding carboxylic acids is 4. The van der Waals surface area contributed by atoms with Crippen molar-refractivity contribution in [3.8, 4) is 0 Å². The van der Waals surface area contributed by atoms with E-state index in [0.29, 0.717) is 24.9 Å². The third-order valence-electron chi connectivity index (χ3n) is 11.4. The Kier molecular flexibility index (Phi) is 10.9. The summed E-state index contributed by atoms with van der Waals surface area (Å²) in [5.41, 5.74) is -0.794. The minimum Gasteiger partial charge on any atom is -0.455 e. The zero-order chi connectivity index (χ0) is 34.7. The molecule has 1 aliphatic carbocycles. The fourth-order valence-corrected chi connectivity index (χ4v) is 8.74. The van der Waals surface area contributed by atoms with Crippen molar-refractivity contribution in [2.45, 2.75) is 107 Å². The highest BCUT2D eigenvalue weighted by Crippen LogP contribution is 2.54. The molecule has 266 valence electrons. The van der Waals surface area contributed by atoms with Crippen molar-refractivity contribution in [2.24, 2.45) is 17.8 Å². The monoisotopic (exact) mass is 677 g/mol. The summed E-state index contributed by atoms with van der Waals surface area (Å²) >= 11 is 0. The Hall–Kier alpha value is -3.54. The highest BCUT2D eigenvalue weighted by Gasteiger charge is 2.73. The molecule has 3 fully saturated rings. The lowest BCUT2D eigenvalue weighted by molar-refractivity contribution is -0.163. The van der Waals surface area contributed by atoms with Crippen LogP contribution in [0.5, 0.6) is 0 Å². The molecule has 2 N–H and O–H groups in total. The minimum absolute atomic E-state index is 0.0436. The van der Waals surface area contributed by atoms with Gasteiger partial charge in [-0.2, -0.15) is 0 Å². The van der Waals surface area contributed by atoms with Crippen molar-refractivity contribution in [1.82, 2.24) is 15.1 Å². The van der Waals surface area contributed by atoms with Gasteiger partial charge in [-0.1, -0.05) is 94.2 Å². The van der Waals surface area contributed by atoms with Gasteiger partial charge in [0.15, 0.2) is 0 Å². The van der Waals surface area contributed by atoms with Crippen LogP contribution < -0.4 is 5.32 Å². The highest BCUT2D eigenvalue weighted by atomic mass is 16.6. The SMILES string of the molecule is CC[C@H](C)[C@H](CO)N1C(=O)[C@@H]2[C@H]3C(=O)O[C@H](c4ccccc4)[C@@H](COC)NC(=O)CC/C=C\[C@H]3O[C@@]23C=CCN(C2CCCCC2)C(=O)[C@@H]13. The molecule has 11 heteroatoms. The van der Waals surface area contributed by atoms with Gasteiger partial charge in [-0.05, 0) is 30.7 Å². The van der Waals surface area contributed by atoms with Gasteiger partial charge in [0, 0.05) is 26.1 Å². The van der Waals surface area contributed by atoms with Gasteiger partial charge in [-0.3, -0.25) is 19.2 Å². The second kappa shape index (κ2) is 15.1. The van der Waals surface area contributed by atoms with Crippen LogP contribution in [0.3, 0.4) is 0 Å². The van der Waals surface area contributed by atoms with Crippen molar-refractivity contribution >= 4 is 23.7 Å². The molecule has 49 heavy (non-hydrogen) atoms. The van der Waals surface area contributed by atoms with E-state index in [9.17, 15) is 24.3 Å². The maximum absolute atomic E-state index is 15.0. The minimum atomic E-state index is -1.46. The second-order valence-electron chi connectivity index (χ2n) is 14.3. The number of aliphatic hydroxyl groups is 1. The second-order valence-corrected chi connectivity index (χ2v) is 14.3. The number of rotatable bonds is 8. The molecule has 0 unspecified atom stereocenters. The van der Waals surface area contributed by atoms with E-state index in [0.717, 1.165) is 32.1 Å². The van der Waals surface area contributed by atoms with E-state index in [1.54, 1.807) is 17.1 Å². The zero-order valence-corrected chi connectivity index (χ0v) is 28.9. The summed E-state index contributed by atoms with van der Waals surface area (Å²) in [6.07, 6.45) is 11.7. The molecular formula is C38H51N3O8. The topological polar surface area (TPSA) is 135 Å². The predicted octanol–water partition coefficient (Wildman–Crippen LogP) is 3.47. The molecule has 0 aromatic heterocycles. The van der Waals surface area contributed by atoms with Crippen molar-refractivity contribution < 1.29 is 38.5 Å². The Morgan fingerprint density at radius 2 is 1.82 bits per heavy atom. The van der Waals surface area contributed by atoms with Crippen LogP contribution in [-0.4, -0.2) is 101 Å². The molecule has 2 saturated heterocycles. The zero-order valence-electron chi connectivity index (χ0n) is 28.9. The number of benzene rings is 1. The molecule has 3 amide bonds. The Balaban J connectivity index is 1.46. The van der Waals surface area contributed by atoms with E-state index in [4.69, 9.17) is 14.2 Å².